The lowest BCUT2D eigenvalue weighted by atomic mass is 9.87. The molecular weight excluding hydrogens is 337 g/mol. The monoisotopic (exact) mass is 359 g/mol. The van der Waals surface area contributed by atoms with E-state index in [9.17, 15) is 9.18 Å². The minimum absolute atomic E-state index is 0.0381. The van der Waals surface area contributed by atoms with Crippen LogP contribution >= 0.6 is 11.3 Å². The van der Waals surface area contributed by atoms with Gasteiger partial charge >= 0.3 is 0 Å². The topological polar surface area (TPSA) is 54.0 Å². The van der Waals surface area contributed by atoms with Crippen molar-refractivity contribution < 1.29 is 9.18 Å². The molecule has 0 saturated carbocycles. The summed E-state index contributed by atoms with van der Waals surface area (Å²) >= 11 is 1.62. The number of amides is 1. The Morgan fingerprint density at radius 3 is 2.80 bits per heavy atom. The van der Waals surface area contributed by atoms with Gasteiger partial charge in [-0.3, -0.25) is 4.79 Å². The first-order valence-corrected chi connectivity index (χ1v) is 9.70. The van der Waals surface area contributed by atoms with Crippen LogP contribution in [0.5, 0.6) is 0 Å². The number of aromatic nitrogens is 1. The van der Waals surface area contributed by atoms with Crippen molar-refractivity contribution in [3.05, 3.63) is 40.7 Å². The number of nitrogens with zero attached hydrogens (tertiary/aromatic N) is 1. The molecule has 4 nitrogen and oxygen atoms in total. The van der Waals surface area contributed by atoms with Crippen molar-refractivity contribution in [1.29, 1.82) is 0 Å². The fraction of sp³-hybridized carbons (Fsp3) is 0.474. The zero-order chi connectivity index (χ0) is 17.4. The van der Waals surface area contributed by atoms with Crippen LogP contribution in [0, 0.1) is 17.7 Å². The second-order valence-electron chi connectivity index (χ2n) is 7.00. The Balaban J connectivity index is 1.53. The van der Waals surface area contributed by atoms with Gasteiger partial charge in [0.15, 0.2) is 0 Å². The molecule has 1 saturated heterocycles. The van der Waals surface area contributed by atoms with Crippen molar-refractivity contribution in [3.8, 4) is 10.6 Å². The minimum atomic E-state index is -0.241. The third-order valence-corrected chi connectivity index (χ3v) is 6.55. The Kier molecular flexibility index (Phi) is 4.56. The van der Waals surface area contributed by atoms with E-state index in [1.165, 1.54) is 12.1 Å². The highest BCUT2D eigenvalue weighted by atomic mass is 32.1. The largest absolute Gasteiger partial charge is 0.348 e. The molecule has 2 aromatic rings. The molecule has 1 amide bonds. The van der Waals surface area contributed by atoms with Gasteiger partial charge < -0.3 is 10.6 Å². The van der Waals surface area contributed by atoms with Gasteiger partial charge in [-0.2, -0.15) is 0 Å². The van der Waals surface area contributed by atoms with Gasteiger partial charge in [-0.25, -0.2) is 9.37 Å². The lowest BCUT2D eigenvalue weighted by Gasteiger charge is -2.33. The van der Waals surface area contributed by atoms with Crippen molar-refractivity contribution in [1.82, 2.24) is 15.6 Å². The Bertz CT molecular complexity index is 769. The molecule has 25 heavy (non-hydrogen) atoms. The summed E-state index contributed by atoms with van der Waals surface area (Å²) in [4.78, 5) is 18.5. The van der Waals surface area contributed by atoms with Crippen molar-refractivity contribution in [3.63, 3.8) is 0 Å². The molecule has 1 aromatic carbocycles. The summed E-state index contributed by atoms with van der Waals surface area (Å²) in [5.74, 6) is 0.381. The highest BCUT2D eigenvalue weighted by Crippen LogP contribution is 2.38. The number of thiazole rings is 1. The standard InChI is InChI=1S/C19H22FN3OS/c1-11(13-9-21-10-13)18(24)22-15-3-2-4-16-17(15)25-19(23-16)12-5-7-14(20)8-6-12/h5-8,11,13,15,21H,2-4,9-10H2,1H3,(H,22,24). The van der Waals surface area contributed by atoms with Crippen LogP contribution in [0.15, 0.2) is 24.3 Å². The molecule has 2 atom stereocenters. The van der Waals surface area contributed by atoms with Gasteiger partial charge in [-0.1, -0.05) is 6.92 Å². The van der Waals surface area contributed by atoms with Gasteiger partial charge in [0.2, 0.25) is 5.91 Å². The Morgan fingerprint density at radius 1 is 1.36 bits per heavy atom. The van der Waals surface area contributed by atoms with Gasteiger partial charge in [0, 0.05) is 11.5 Å². The number of aryl methyl sites for hydroxylation is 1. The Labute approximate surface area is 150 Å². The second-order valence-corrected chi connectivity index (χ2v) is 8.03. The average Bonchev–Trinajstić information content (AvgIpc) is 2.99. The average molecular weight is 359 g/mol. The Morgan fingerprint density at radius 2 is 2.12 bits per heavy atom. The normalized spacial score (nSPS) is 21.3. The second kappa shape index (κ2) is 6.84. The van der Waals surface area contributed by atoms with E-state index in [1.807, 2.05) is 6.92 Å². The van der Waals surface area contributed by atoms with E-state index >= 15 is 0 Å². The maximum atomic E-state index is 13.1. The molecule has 132 valence electrons. The van der Waals surface area contributed by atoms with Crippen LogP contribution in [-0.2, 0) is 11.2 Å². The lowest BCUT2D eigenvalue weighted by molar-refractivity contribution is -0.127. The fourth-order valence-electron chi connectivity index (χ4n) is 3.46. The van der Waals surface area contributed by atoms with Crippen LogP contribution in [0.1, 0.15) is 36.4 Å². The molecule has 1 aromatic heterocycles. The van der Waals surface area contributed by atoms with Gasteiger partial charge in [0.25, 0.3) is 0 Å². The number of carbonyl (C=O) groups is 1. The van der Waals surface area contributed by atoms with E-state index in [4.69, 9.17) is 4.98 Å². The zero-order valence-corrected chi connectivity index (χ0v) is 15.0. The van der Waals surface area contributed by atoms with Crippen molar-refractivity contribution >= 4 is 17.2 Å². The van der Waals surface area contributed by atoms with E-state index in [0.29, 0.717) is 5.92 Å². The molecule has 0 radical (unpaired) electrons. The smallest absolute Gasteiger partial charge is 0.223 e. The maximum Gasteiger partial charge on any atom is 0.223 e. The van der Waals surface area contributed by atoms with Crippen molar-refractivity contribution in [2.75, 3.05) is 13.1 Å². The summed E-state index contributed by atoms with van der Waals surface area (Å²) in [7, 11) is 0. The summed E-state index contributed by atoms with van der Waals surface area (Å²) < 4.78 is 13.1. The third-order valence-electron chi connectivity index (χ3n) is 5.29. The molecule has 2 unspecified atom stereocenters. The maximum absolute atomic E-state index is 13.1. The van der Waals surface area contributed by atoms with E-state index in [1.54, 1.807) is 23.5 Å². The highest BCUT2D eigenvalue weighted by molar-refractivity contribution is 7.15. The Hall–Kier alpha value is -1.79. The van der Waals surface area contributed by atoms with E-state index in [2.05, 4.69) is 10.6 Å². The van der Waals surface area contributed by atoms with Gasteiger partial charge in [-0.05, 0) is 62.5 Å². The number of carbonyl (C=O) groups excluding carboxylic acids is 1. The summed E-state index contributed by atoms with van der Waals surface area (Å²) in [5, 5.41) is 7.37. The van der Waals surface area contributed by atoms with Crippen molar-refractivity contribution in [2.45, 2.75) is 32.2 Å². The number of fused-ring (bicyclic) bond motifs is 1. The highest BCUT2D eigenvalue weighted by Gasteiger charge is 2.32. The first-order valence-electron chi connectivity index (χ1n) is 8.88. The van der Waals surface area contributed by atoms with E-state index < -0.39 is 0 Å². The molecule has 1 fully saturated rings. The molecule has 2 aliphatic rings. The first-order chi connectivity index (χ1) is 12.1. The quantitative estimate of drug-likeness (QED) is 0.881. The predicted octanol–water partition coefficient (Wildman–Crippen LogP) is 3.30. The lowest BCUT2D eigenvalue weighted by Crippen LogP contribution is -2.50. The van der Waals surface area contributed by atoms with Gasteiger partial charge in [0.05, 0.1) is 16.6 Å². The minimum Gasteiger partial charge on any atom is -0.348 e. The van der Waals surface area contributed by atoms with E-state index in [-0.39, 0.29) is 23.7 Å². The summed E-state index contributed by atoms with van der Waals surface area (Å²) in [6.07, 6.45) is 2.94. The molecule has 0 bridgehead atoms. The molecule has 1 aliphatic heterocycles. The van der Waals surface area contributed by atoms with Gasteiger partial charge in [0.1, 0.15) is 10.8 Å². The van der Waals surface area contributed by atoms with Crippen LogP contribution in [-0.4, -0.2) is 24.0 Å². The molecule has 1 aliphatic carbocycles. The summed E-state index contributed by atoms with van der Waals surface area (Å²) in [6.45, 7) is 3.88. The molecule has 0 spiro atoms. The SMILES string of the molecule is CC(C(=O)NC1CCCc2nc(-c3ccc(F)cc3)sc21)C1CNC1. The van der Waals surface area contributed by atoms with Crippen LogP contribution in [0.25, 0.3) is 10.6 Å². The number of benzene rings is 1. The van der Waals surface area contributed by atoms with E-state index in [0.717, 1.165) is 53.5 Å². The third kappa shape index (κ3) is 3.33. The predicted molar refractivity (Wildman–Crippen MR) is 96.9 cm³/mol. The molecule has 2 heterocycles. The number of hydrogen-bond acceptors (Lipinski definition) is 4. The number of rotatable bonds is 4. The number of hydrogen-bond donors (Lipinski definition) is 2. The van der Waals surface area contributed by atoms with Crippen LogP contribution in [0.4, 0.5) is 4.39 Å². The summed E-state index contributed by atoms with van der Waals surface area (Å²) in [5.41, 5.74) is 2.01. The number of halogens is 1. The molecular formula is C19H22FN3OS. The summed E-state index contributed by atoms with van der Waals surface area (Å²) in [6, 6.07) is 6.50. The van der Waals surface area contributed by atoms with Crippen LogP contribution in [0.2, 0.25) is 0 Å². The molecule has 2 N–H and O–H groups in total. The zero-order valence-electron chi connectivity index (χ0n) is 14.2. The van der Waals surface area contributed by atoms with Crippen LogP contribution in [0.3, 0.4) is 0 Å². The fourth-order valence-corrected chi connectivity index (χ4v) is 4.66. The van der Waals surface area contributed by atoms with Crippen molar-refractivity contribution in [2.24, 2.45) is 11.8 Å². The first kappa shape index (κ1) is 16.7. The number of nitrogens with one attached hydrogen (secondary N) is 2. The molecule has 4 rings (SSSR count). The molecule has 6 heteroatoms. The van der Waals surface area contributed by atoms with Crippen LogP contribution < -0.4 is 10.6 Å². The van der Waals surface area contributed by atoms with Gasteiger partial charge in [-0.15, -0.1) is 11.3 Å².